The van der Waals surface area contributed by atoms with Crippen LogP contribution in [0.5, 0.6) is 0 Å². The highest BCUT2D eigenvalue weighted by Crippen LogP contribution is 2.39. The summed E-state index contributed by atoms with van der Waals surface area (Å²) in [6.07, 6.45) is 0. The van der Waals surface area contributed by atoms with Crippen molar-refractivity contribution in [2.75, 3.05) is 0 Å². The summed E-state index contributed by atoms with van der Waals surface area (Å²) in [5, 5.41) is 6.75. The molecule has 0 radical (unpaired) electrons. The van der Waals surface area contributed by atoms with Crippen molar-refractivity contribution in [2.24, 2.45) is 0 Å². The Morgan fingerprint density at radius 3 is 1.90 bits per heavy atom. The number of hydrogen-bond donors (Lipinski definition) is 0. The lowest BCUT2D eigenvalue weighted by atomic mass is 10.0. The van der Waals surface area contributed by atoms with Gasteiger partial charge in [0.1, 0.15) is 22.3 Å². The molecule has 0 aliphatic rings. The average molecular weight is 650 g/mol. The molecule has 0 saturated carbocycles. The zero-order valence-electron chi connectivity index (χ0n) is 25.9. The third-order valence-corrected chi connectivity index (χ3v) is 9.41. The van der Waals surface area contributed by atoms with E-state index in [0.29, 0.717) is 22.5 Å². The summed E-state index contributed by atoms with van der Waals surface area (Å²) in [6, 6.07) is 48.9. The number of aromatic nitrogens is 3. The fraction of sp³-hybridized carbons (Fsp3) is 0. The Bertz CT molecular complexity index is 2910. The molecule has 7 aromatic carbocycles. The van der Waals surface area contributed by atoms with E-state index in [1.54, 1.807) is 0 Å². The number of rotatable bonds is 4. The molecule has 10 rings (SSSR count). The van der Waals surface area contributed by atoms with Crippen LogP contribution >= 0.6 is 11.6 Å². The Morgan fingerprint density at radius 1 is 0.388 bits per heavy atom. The second kappa shape index (κ2) is 10.9. The van der Waals surface area contributed by atoms with Crippen LogP contribution in [0.25, 0.3) is 99.9 Å². The van der Waals surface area contributed by atoms with E-state index in [-0.39, 0.29) is 0 Å². The molecule has 5 nitrogen and oxygen atoms in total. The summed E-state index contributed by atoms with van der Waals surface area (Å²) < 4.78 is 12.5. The van der Waals surface area contributed by atoms with Crippen LogP contribution < -0.4 is 0 Å². The Labute approximate surface area is 285 Å². The molecule has 0 aliphatic heterocycles. The van der Waals surface area contributed by atoms with E-state index in [9.17, 15) is 0 Å². The second-order valence-electron chi connectivity index (χ2n) is 12.1. The van der Waals surface area contributed by atoms with Gasteiger partial charge in [0, 0.05) is 43.3 Å². The van der Waals surface area contributed by atoms with E-state index in [1.165, 1.54) is 0 Å². The largest absolute Gasteiger partial charge is 0.456 e. The van der Waals surface area contributed by atoms with Crippen molar-refractivity contribution in [1.29, 1.82) is 0 Å². The van der Waals surface area contributed by atoms with Gasteiger partial charge in [-0.1, -0.05) is 109 Å². The van der Waals surface area contributed by atoms with Gasteiger partial charge in [-0.15, -0.1) is 0 Å². The minimum atomic E-state index is 0.569. The molecule has 0 amide bonds. The minimum Gasteiger partial charge on any atom is -0.456 e. The normalized spacial score (nSPS) is 11.8. The number of fused-ring (bicyclic) bond motifs is 8. The maximum absolute atomic E-state index is 6.45. The van der Waals surface area contributed by atoms with Crippen molar-refractivity contribution in [3.63, 3.8) is 0 Å². The van der Waals surface area contributed by atoms with Gasteiger partial charge in [0.25, 0.3) is 0 Å². The Balaban J connectivity index is 1.23. The predicted octanol–water partition coefficient (Wildman–Crippen LogP) is 12.1. The van der Waals surface area contributed by atoms with Crippen LogP contribution in [-0.4, -0.2) is 15.0 Å². The predicted molar refractivity (Wildman–Crippen MR) is 199 cm³/mol. The van der Waals surface area contributed by atoms with Gasteiger partial charge in [0.15, 0.2) is 17.5 Å². The van der Waals surface area contributed by atoms with Gasteiger partial charge in [0.2, 0.25) is 0 Å². The van der Waals surface area contributed by atoms with Gasteiger partial charge in [-0.2, -0.15) is 0 Å². The summed E-state index contributed by atoms with van der Waals surface area (Å²) >= 11 is 6.45. The lowest BCUT2D eigenvalue weighted by Gasteiger charge is -2.11. The van der Waals surface area contributed by atoms with Crippen LogP contribution in [0.3, 0.4) is 0 Å². The van der Waals surface area contributed by atoms with E-state index in [0.717, 1.165) is 82.5 Å². The van der Waals surface area contributed by atoms with Crippen LogP contribution in [0.2, 0.25) is 5.02 Å². The number of furan rings is 2. The maximum atomic E-state index is 6.45. The highest BCUT2D eigenvalue weighted by atomic mass is 35.5. The molecule has 0 aliphatic carbocycles. The molecule has 0 atom stereocenters. The molecule has 0 saturated heterocycles. The lowest BCUT2D eigenvalue weighted by Crippen LogP contribution is -2.00. The van der Waals surface area contributed by atoms with E-state index in [2.05, 4.69) is 66.7 Å². The van der Waals surface area contributed by atoms with E-state index >= 15 is 0 Å². The van der Waals surface area contributed by atoms with Gasteiger partial charge in [-0.05, 0) is 70.4 Å². The molecular formula is C43H24ClN3O2. The van der Waals surface area contributed by atoms with E-state index in [4.69, 9.17) is 35.4 Å². The fourth-order valence-electron chi connectivity index (χ4n) is 6.89. The number of para-hydroxylation sites is 1. The van der Waals surface area contributed by atoms with Gasteiger partial charge >= 0.3 is 0 Å². The molecule has 0 N–H and O–H groups in total. The van der Waals surface area contributed by atoms with E-state index in [1.807, 2.05) is 78.9 Å². The fourth-order valence-corrected chi connectivity index (χ4v) is 7.06. The Kier molecular flexibility index (Phi) is 6.16. The minimum absolute atomic E-state index is 0.569. The topological polar surface area (TPSA) is 65.0 Å². The zero-order chi connectivity index (χ0) is 32.5. The van der Waals surface area contributed by atoms with Gasteiger partial charge in [-0.3, -0.25) is 0 Å². The molecule has 0 spiro atoms. The van der Waals surface area contributed by atoms with Crippen LogP contribution in [-0.2, 0) is 0 Å². The van der Waals surface area contributed by atoms with Crippen molar-refractivity contribution in [2.45, 2.75) is 0 Å². The van der Waals surface area contributed by atoms with Crippen LogP contribution in [0, 0.1) is 0 Å². The molecule has 3 heterocycles. The number of nitrogens with zero attached hydrogens (tertiary/aromatic N) is 3. The molecule has 49 heavy (non-hydrogen) atoms. The maximum Gasteiger partial charge on any atom is 0.164 e. The first-order valence-electron chi connectivity index (χ1n) is 16.0. The molecule has 6 heteroatoms. The summed E-state index contributed by atoms with van der Waals surface area (Å²) in [7, 11) is 0. The van der Waals surface area contributed by atoms with Crippen molar-refractivity contribution >= 4 is 66.3 Å². The Morgan fingerprint density at radius 2 is 1.02 bits per heavy atom. The average Bonchev–Trinajstić information content (AvgIpc) is 3.73. The third kappa shape index (κ3) is 4.59. The highest BCUT2D eigenvalue weighted by Gasteiger charge is 2.19. The summed E-state index contributed by atoms with van der Waals surface area (Å²) in [6.45, 7) is 0. The highest BCUT2D eigenvalue weighted by molar-refractivity contribution is 6.32. The molecule has 230 valence electrons. The molecule has 3 aromatic heterocycles. The monoisotopic (exact) mass is 649 g/mol. The summed E-state index contributed by atoms with van der Waals surface area (Å²) in [5.74, 6) is 1.72. The van der Waals surface area contributed by atoms with Gasteiger partial charge in [-0.25, -0.2) is 15.0 Å². The first-order valence-corrected chi connectivity index (χ1v) is 16.4. The Hall–Kier alpha value is -6.30. The number of halogens is 1. The van der Waals surface area contributed by atoms with Crippen molar-refractivity contribution < 1.29 is 8.83 Å². The molecular weight excluding hydrogens is 626 g/mol. The van der Waals surface area contributed by atoms with Gasteiger partial charge in [0.05, 0.1) is 0 Å². The number of benzene rings is 7. The first kappa shape index (κ1) is 27.8. The standard InChI is InChI=1S/C43H24ClN3O2/c44-30-19-21-36-34(24-30)40-33-23-29(17-16-26(33)18-20-38(40)49-36)42-45-41(28-11-6-10-27(22-28)25-8-2-1-3-9-25)46-43(47-42)32-13-7-15-37-39(32)31-12-4-5-14-35(31)48-37/h1-24H. The van der Waals surface area contributed by atoms with Crippen LogP contribution in [0.4, 0.5) is 0 Å². The SMILES string of the molecule is Clc1ccc2oc3ccc4ccc(-c5nc(-c6cccc(-c7ccccc7)c6)nc(-c6cccc7oc8ccccc8c67)n5)cc4c3c2c1. The smallest absolute Gasteiger partial charge is 0.164 e. The van der Waals surface area contributed by atoms with Gasteiger partial charge < -0.3 is 8.83 Å². The van der Waals surface area contributed by atoms with Crippen molar-refractivity contribution in [3.05, 3.63) is 151 Å². The molecule has 0 fully saturated rings. The molecule has 0 unspecified atom stereocenters. The van der Waals surface area contributed by atoms with Crippen LogP contribution in [0.15, 0.2) is 154 Å². The summed E-state index contributed by atoms with van der Waals surface area (Å²) in [5.41, 5.74) is 8.05. The zero-order valence-corrected chi connectivity index (χ0v) is 26.6. The lowest BCUT2D eigenvalue weighted by molar-refractivity contribution is 0.668. The molecule has 10 aromatic rings. The first-order chi connectivity index (χ1) is 24.2. The number of hydrogen-bond acceptors (Lipinski definition) is 5. The third-order valence-electron chi connectivity index (χ3n) is 9.18. The van der Waals surface area contributed by atoms with Crippen LogP contribution in [0.1, 0.15) is 0 Å². The quantitative estimate of drug-likeness (QED) is 0.190. The van der Waals surface area contributed by atoms with E-state index < -0.39 is 0 Å². The van der Waals surface area contributed by atoms with Crippen molar-refractivity contribution in [3.8, 4) is 45.3 Å². The second-order valence-corrected chi connectivity index (χ2v) is 12.6. The molecule has 0 bridgehead atoms. The summed E-state index contributed by atoms with van der Waals surface area (Å²) in [4.78, 5) is 15.4. The van der Waals surface area contributed by atoms with Crippen molar-refractivity contribution in [1.82, 2.24) is 15.0 Å².